The summed E-state index contributed by atoms with van der Waals surface area (Å²) in [6, 6.07) is 15.1. The fourth-order valence-corrected chi connectivity index (χ4v) is 8.37. The summed E-state index contributed by atoms with van der Waals surface area (Å²) in [5.41, 5.74) is 2.55. The van der Waals surface area contributed by atoms with Gasteiger partial charge in [0.15, 0.2) is 0 Å². The summed E-state index contributed by atoms with van der Waals surface area (Å²) in [5.74, 6) is 1.04. The third-order valence-corrected chi connectivity index (χ3v) is 10.4. The van der Waals surface area contributed by atoms with Gasteiger partial charge in [0.2, 0.25) is 0 Å². The largest absolute Gasteiger partial charge is 0.508 e. The van der Waals surface area contributed by atoms with Crippen LogP contribution in [-0.4, -0.2) is 46.4 Å². The number of carbonyl (C=O) groups excluding carboxylic acids is 1. The average Bonchev–Trinajstić information content (AvgIpc) is 3.23. The van der Waals surface area contributed by atoms with Gasteiger partial charge in [-0.1, -0.05) is 57.4 Å². The number of benzene rings is 2. The molecule has 3 aliphatic rings. The maximum absolute atomic E-state index is 16.0. The van der Waals surface area contributed by atoms with Crippen molar-refractivity contribution in [2.45, 2.75) is 96.2 Å². The van der Waals surface area contributed by atoms with Crippen LogP contribution in [0, 0.1) is 23.2 Å². The Morgan fingerprint density at radius 2 is 1.79 bits per heavy atom. The van der Waals surface area contributed by atoms with Gasteiger partial charge in [-0.05, 0) is 104 Å². The van der Waals surface area contributed by atoms with Crippen LogP contribution < -0.4 is 0 Å². The topological polar surface area (TPSA) is 60.8 Å². The molecule has 2 fully saturated rings. The first-order valence-electron chi connectivity index (χ1n) is 15.3. The van der Waals surface area contributed by atoms with Crippen molar-refractivity contribution < 1.29 is 19.4 Å². The molecule has 2 N–H and O–H groups in total. The van der Waals surface area contributed by atoms with Crippen LogP contribution in [0.4, 0.5) is 4.39 Å². The van der Waals surface area contributed by atoms with Gasteiger partial charge in [-0.2, -0.15) is 0 Å². The maximum atomic E-state index is 16.0. The van der Waals surface area contributed by atoms with E-state index < -0.39 is 12.3 Å². The Morgan fingerprint density at radius 1 is 1.05 bits per heavy atom. The molecule has 0 radical (unpaired) electrons. The van der Waals surface area contributed by atoms with Crippen molar-refractivity contribution >= 4 is 5.91 Å². The number of aromatic hydroxyl groups is 1. The van der Waals surface area contributed by atoms with E-state index in [1.807, 2.05) is 47.4 Å². The molecule has 5 heteroatoms. The lowest BCUT2D eigenvalue weighted by Crippen LogP contribution is -2.51. The number of carbonyl (C=O) groups is 1. The fourth-order valence-electron chi connectivity index (χ4n) is 8.37. The van der Waals surface area contributed by atoms with Crippen molar-refractivity contribution in [3.63, 3.8) is 0 Å². The van der Waals surface area contributed by atoms with Crippen molar-refractivity contribution in [3.05, 3.63) is 65.2 Å². The van der Waals surface area contributed by atoms with E-state index in [-0.39, 0.29) is 28.9 Å². The summed E-state index contributed by atoms with van der Waals surface area (Å²) < 4.78 is 16.0. The molecule has 2 aromatic rings. The summed E-state index contributed by atoms with van der Waals surface area (Å²) in [6.07, 6.45) is 7.74. The molecule has 1 unspecified atom stereocenters. The monoisotopic (exact) mass is 535 g/mol. The number of aliphatic hydroxyl groups excluding tert-OH is 1. The Kier molecular flexibility index (Phi) is 8.66. The highest BCUT2D eigenvalue weighted by Gasteiger charge is 2.59. The quantitative estimate of drug-likeness (QED) is 0.314. The molecule has 2 aromatic carbocycles. The number of hydrogen-bond donors (Lipinski definition) is 2. The molecule has 4 nitrogen and oxygen atoms in total. The zero-order valence-corrected chi connectivity index (χ0v) is 23.7. The Morgan fingerprint density at radius 3 is 2.54 bits per heavy atom. The molecule has 7 atom stereocenters. The first-order valence-corrected chi connectivity index (χ1v) is 15.3. The van der Waals surface area contributed by atoms with Gasteiger partial charge in [0.25, 0.3) is 5.91 Å². The van der Waals surface area contributed by atoms with Crippen molar-refractivity contribution in [1.29, 1.82) is 0 Å². The van der Waals surface area contributed by atoms with E-state index in [1.54, 1.807) is 6.07 Å². The van der Waals surface area contributed by atoms with Crippen LogP contribution in [0.15, 0.2) is 48.5 Å². The van der Waals surface area contributed by atoms with E-state index in [0.29, 0.717) is 18.3 Å². The number of fused-ring (bicyclic) bond motifs is 5. The van der Waals surface area contributed by atoms with Gasteiger partial charge in [-0.15, -0.1) is 0 Å². The van der Waals surface area contributed by atoms with Crippen molar-refractivity contribution in [3.8, 4) is 5.75 Å². The van der Waals surface area contributed by atoms with Crippen molar-refractivity contribution in [2.75, 3.05) is 13.1 Å². The zero-order chi connectivity index (χ0) is 27.6. The van der Waals surface area contributed by atoms with Crippen molar-refractivity contribution in [1.82, 2.24) is 4.90 Å². The van der Waals surface area contributed by atoms with Crippen LogP contribution in [0.2, 0.25) is 0 Å². The molecular weight excluding hydrogens is 489 g/mol. The fraction of sp³-hybridized carbons (Fsp3) is 0.618. The van der Waals surface area contributed by atoms with E-state index in [0.717, 1.165) is 87.6 Å². The van der Waals surface area contributed by atoms with Gasteiger partial charge in [0.1, 0.15) is 11.9 Å². The number of hydrogen-bond acceptors (Lipinski definition) is 3. The smallest absolute Gasteiger partial charge is 0.253 e. The molecule has 2 saturated carbocycles. The number of phenols is 1. The molecule has 0 bridgehead atoms. The highest BCUT2D eigenvalue weighted by Crippen LogP contribution is 2.63. The molecular formula is C34H46FNO3. The molecule has 0 aliphatic heterocycles. The van der Waals surface area contributed by atoms with E-state index in [9.17, 15) is 15.0 Å². The summed E-state index contributed by atoms with van der Waals surface area (Å²) >= 11 is 0. The molecule has 0 spiro atoms. The van der Waals surface area contributed by atoms with Gasteiger partial charge < -0.3 is 15.1 Å². The molecule has 0 aromatic heterocycles. The zero-order valence-electron chi connectivity index (χ0n) is 23.7. The lowest BCUT2D eigenvalue weighted by molar-refractivity contribution is -0.0722. The lowest BCUT2D eigenvalue weighted by atomic mass is 9.51. The van der Waals surface area contributed by atoms with Crippen LogP contribution in [0.5, 0.6) is 5.75 Å². The molecule has 39 heavy (non-hydrogen) atoms. The predicted molar refractivity (Wildman–Crippen MR) is 154 cm³/mol. The maximum Gasteiger partial charge on any atom is 0.253 e. The first-order chi connectivity index (χ1) is 18.8. The summed E-state index contributed by atoms with van der Waals surface area (Å²) in [6.45, 7) is 5.82. The van der Waals surface area contributed by atoms with E-state index in [1.165, 1.54) is 0 Å². The lowest BCUT2D eigenvalue weighted by Gasteiger charge is -2.54. The minimum absolute atomic E-state index is 0.108. The third-order valence-electron chi connectivity index (χ3n) is 10.4. The number of aliphatic hydroxyl groups is 1. The minimum Gasteiger partial charge on any atom is -0.508 e. The number of rotatable bonds is 10. The van der Waals surface area contributed by atoms with Gasteiger partial charge in [0.05, 0.1) is 6.10 Å². The number of nitrogens with zero attached hydrogens (tertiary/aromatic N) is 1. The standard InChI is InChI=1S/C34H46FNO3/c1-3-4-9-18-36(33(39)23-11-6-5-7-12-23)19-10-8-13-24-20-25-21-26(37)14-15-27(25)32-29(35)22-34(2)28(31(24)32)16-17-30(34)38/h5-7,11-12,14-15,21,24,28-32,37-38H,3-4,8-10,13,16-20,22H2,1-2H3/t24-,28+,29+,30?,31+,32+,34+/m1/s1. The molecule has 1 amide bonds. The third kappa shape index (κ3) is 5.62. The highest BCUT2D eigenvalue weighted by molar-refractivity contribution is 5.94. The van der Waals surface area contributed by atoms with E-state index in [4.69, 9.17) is 0 Å². The number of halogens is 1. The van der Waals surface area contributed by atoms with Gasteiger partial charge in [-0.3, -0.25) is 4.79 Å². The summed E-state index contributed by atoms with van der Waals surface area (Å²) in [7, 11) is 0. The van der Waals surface area contributed by atoms with Gasteiger partial charge in [0, 0.05) is 24.6 Å². The number of unbranched alkanes of at least 4 members (excludes halogenated alkanes) is 3. The number of phenolic OH excluding ortho intramolecular Hbond substituents is 1. The second-order valence-electron chi connectivity index (χ2n) is 12.7. The van der Waals surface area contributed by atoms with Crippen LogP contribution >= 0.6 is 0 Å². The van der Waals surface area contributed by atoms with E-state index in [2.05, 4.69) is 13.8 Å². The van der Waals surface area contributed by atoms with Crippen LogP contribution in [0.3, 0.4) is 0 Å². The average molecular weight is 536 g/mol. The van der Waals surface area contributed by atoms with Crippen molar-refractivity contribution in [2.24, 2.45) is 23.2 Å². The minimum atomic E-state index is -0.979. The second kappa shape index (κ2) is 12.0. The highest BCUT2D eigenvalue weighted by atomic mass is 19.1. The Labute approximate surface area is 233 Å². The molecule has 5 rings (SSSR count). The van der Waals surface area contributed by atoms with Crippen LogP contribution in [-0.2, 0) is 6.42 Å². The number of amides is 1. The molecule has 0 heterocycles. The number of alkyl halides is 1. The Hall–Kier alpha value is -2.40. The first kappa shape index (κ1) is 28.1. The summed E-state index contributed by atoms with van der Waals surface area (Å²) in [5, 5.41) is 21.1. The van der Waals surface area contributed by atoms with Gasteiger partial charge >= 0.3 is 0 Å². The van der Waals surface area contributed by atoms with Gasteiger partial charge in [-0.25, -0.2) is 4.39 Å². The molecule has 212 valence electrons. The normalized spacial score (nSPS) is 31.3. The van der Waals surface area contributed by atoms with E-state index >= 15 is 4.39 Å². The Bertz CT molecular complexity index is 1120. The molecule has 0 saturated heterocycles. The Balaban J connectivity index is 1.30. The second-order valence-corrected chi connectivity index (χ2v) is 12.7. The summed E-state index contributed by atoms with van der Waals surface area (Å²) in [4.78, 5) is 15.3. The molecule has 3 aliphatic carbocycles. The SMILES string of the molecule is CCCCCN(CCCC[C@@H]1Cc2cc(O)ccc2[C@@H]2[C@@H]1[C@@H]1CCC(O)[C@@]1(C)C[C@@H]2F)C(=O)c1ccccc1. The van der Waals surface area contributed by atoms with Crippen LogP contribution in [0.1, 0.15) is 99.0 Å². The predicted octanol–water partition coefficient (Wildman–Crippen LogP) is 7.29. The van der Waals surface area contributed by atoms with Crippen LogP contribution in [0.25, 0.3) is 0 Å².